The minimum atomic E-state index is -0.465. The lowest BCUT2D eigenvalue weighted by Gasteiger charge is -2.41. The first-order chi connectivity index (χ1) is 14.4. The largest absolute Gasteiger partial charge is 0.339 e. The molecular formula is C25H33N3O2. The molecule has 30 heavy (non-hydrogen) atoms. The van der Waals surface area contributed by atoms with Crippen LogP contribution in [-0.4, -0.2) is 39.5 Å². The first-order valence-corrected chi connectivity index (χ1v) is 11.0. The van der Waals surface area contributed by atoms with E-state index in [2.05, 4.69) is 24.2 Å². The van der Waals surface area contributed by atoms with Gasteiger partial charge in [0.05, 0.1) is 11.1 Å². The standard InChI is InChI=1S/C25H33N3O2/c1-5-10-23(29)25(21-11-8-7-9-12-21)15-17-27(18-16-25)24(30)14-13-22-19(3)26-28(6-2)20(22)4/h7-9,11-14H,5-6,10,15-18H2,1-4H3/b14-13+. The summed E-state index contributed by atoms with van der Waals surface area (Å²) < 4.78 is 1.95. The summed E-state index contributed by atoms with van der Waals surface area (Å²) in [7, 11) is 0. The molecule has 1 aliphatic heterocycles. The lowest BCUT2D eigenvalue weighted by Crippen LogP contribution is -2.48. The zero-order chi connectivity index (χ0) is 21.7. The van der Waals surface area contributed by atoms with E-state index < -0.39 is 5.41 Å². The van der Waals surface area contributed by atoms with E-state index in [-0.39, 0.29) is 5.91 Å². The third-order valence-corrected chi connectivity index (χ3v) is 6.40. The molecule has 1 aliphatic rings. The van der Waals surface area contributed by atoms with Crippen LogP contribution in [0.1, 0.15) is 62.0 Å². The molecule has 1 amide bonds. The van der Waals surface area contributed by atoms with Gasteiger partial charge in [-0.2, -0.15) is 5.10 Å². The SMILES string of the molecule is CCCC(=O)C1(c2ccccc2)CCN(C(=O)/C=C/c2c(C)nn(CC)c2C)CC1. The maximum absolute atomic E-state index is 13.1. The smallest absolute Gasteiger partial charge is 0.246 e. The molecule has 160 valence electrons. The Kier molecular flexibility index (Phi) is 6.91. The van der Waals surface area contributed by atoms with Crippen LogP contribution < -0.4 is 0 Å². The number of likely N-dealkylation sites (tertiary alicyclic amines) is 1. The summed E-state index contributed by atoms with van der Waals surface area (Å²) in [5, 5.41) is 4.51. The molecule has 1 aromatic heterocycles. The first kappa shape index (κ1) is 22.0. The Labute approximate surface area is 179 Å². The number of carbonyl (C=O) groups is 2. The monoisotopic (exact) mass is 407 g/mol. The first-order valence-electron chi connectivity index (χ1n) is 11.0. The zero-order valence-electron chi connectivity index (χ0n) is 18.6. The summed E-state index contributed by atoms with van der Waals surface area (Å²) in [5.41, 5.74) is 3.65. The summed E-state index contributed by atoms with van der Waals surface area (Å²) in [5.74, 6) is 0.305. The molecule has 0 N–H and O–H groups in total. The van der Waals surface area contributed by atoms with Crippen LogP contribution in [0.25, 0.3) is 6.08 Å². The number of hydrogen-bond donors (Lipinski definition) is 0. The van der Waals surface area contributed by atoms with Crippen molar-refractivity contribution in [2.45, 2.75) is 65.3 Å². The quantitative estimate of drug-likeness (QED) is 0.637. The van der Waals surface area contributed by atoms with Crippen molar-refractivity contribution in [3.05, 3.63) is 58.9 Å². The molecule has 0 aliphatic carbocycles. The molecule has 0 saturated carbocycles. The van der Waals surface area contributed by atoms with Crippen molar-refractivity contribution in [2.75, 3.05) is 13.1 Å². The number of amides is 1. The average Bonchev–Trinajstić information content (AvgIpc) is 3.05. The van der Waals surface area contributed by atoms with Gasteiger partial charge in [0.25, 0.3) is 0 Å². The lowest BCUT2D eigenvalue weighted by atomic mass is 9.68. The highest BCUT2D eigenvalue weighted by atomic mass is 16.2. The molecule has 5 heteroatoms. The van der Waals surface area contributed by atoms with Crippen LogP contribution in [0.15, 0.2) is 36.4 Å². The van der Waals surface area contributed by atoms with Gasteiger partial charge in [0.1, 0.15) is 5.78 Å². The van der Waals surface area contributed by atoms with Crippen LogP contribution in [-0.2, 0) is 21.5 Å². The molecule has 5 nitrogen and oxygen atoms in total. The molecule has 1 saturated heterocycles. The Morgan fingerprint density at radius 2 is 1.77 bits per heavy atom. The van der Waals surface area contributed by atoms with Crippen molar-refractivity contribution in [3.63, 3.8) is 0 Å². The molecule has 0 spiro atoms. The second-order valence-electron chi connectivity index (χ2n) is 8.18. The van der Waals surface area contributed by atoms with Gasteiger partial charge in [-0.1, -0.05) is 37.3 Å². The van der Waals surface area contributed by atoms with Crippen LogP contribution in [0.5, 0.6) is 0 Å². The maximum atomic E-state index is 13.1. The summed E-state index contributed by atoms with van der Waals surface area (Å²) in [4.78, 5) is 27.8. The Morgan fingerprint density at radius 3 is 2.33 bits per heavy atom. The Balaban J connectivity index is 1.74. The summed E-state index contributed by atoms with van der Waals surface area (Å²) in [6, 6.07) is 10.1. The number of hydrogen-bond acceptors (Lipinski definition) is 3. The van der Waals surface area contributed by atoms with E-state index >= 15 is 0 Å². The fourth-order valence-electron chi connectivity index (χ4n) is 4.58. The van der Waals surface area contributed by atoms with Gasteiger partial charge in [0.15, 0.2) is 0 Å². The number of ketones is 1. The fourth-order valence-corrected chi connectivity index (χ4v) is 4.58. The minimum Gasteiger partial charge on any atom is -0.339 e. The molecule has 0 unspecified atom stereocenters. The summed E-state index contributed by atoms with van der Waals surface area (Å²) in [6.07, 6.45) is 6.34. The number of piperidine rings is 1. The van der Waals surface area contributed by atoms with E-state index in [1.165, 1.54) is 0 Å². The molecular weight excluding hydrogens is 374 g/mol. The van der Waals surface area contributed by atoms with E-state index in [4.69, 9.17) is 0 Å². The van der Waals surface area contributed by atoms with Crippen molar-refractivity contribution < 1.29 is 9.59 Å². The van der Waals surface area contributed by atoms with Crippen LogP contribution >= 0.6 is 0 Å². The Bertz CT molecular complexity index is 919. The number of benzene rings is 1. The minimum absolute atomic E-state index is 0.00245. The van der Waals surface area contributed by atoms with Gasteiger partial charge >= 0.3 is 0 Å². The van der Waals surface area contributed by atoms with E-state index in [0.29, 0.717) is 38.1 Å². The van der Waals surface area contributed by atoms with Gasteiger partial charge in [-0.15, -0.1) is 0 Å². The molecule has 2 aromatic rings. The normalized spacial score (nSPS) is 16.2. The predicted octanol–water partition coefficient (Wildman–Crippen LogP) is 4.46. The Morgan fingerprint density at radius 1 is 1.10 bits per heavy atom. The van der Waals surface area contributed by atoms with E-state index in [0.717, 1.165) is 35.5 Å². The maximum Gasteiger partial charge on any atom is 0.246 e. The van der Waals surface area contributed by atoms with Gasteiger partial charge in [-0.25, -0.2) is 0 Å². The molecule has 0 radical (unpaired) electrons. The Hall–Kier alpha value is -2.69. The van der Waals surface area contributed by atoms with E-state index in [1.54, 1.807) is 6.08 Å². The summed E-state index contributed by atoms with van der Waals surface area (Å²) in [6.45, 7) is 10.1. The fraction of sp³-hybridized carbons (Fsp3) is 0.480. The number of rotatable bonds is 7. The number of nitrogens with zero attached hydrogens (tertiary/aromatic N) is 3. The second-order valence-corrected chi connectivity index (χ2v) is 8.18. The van der Waals surface area contributed by atoms with Gasteiger partial charge in [0, 0.05) is 43.4 Å². The molecule has 2 heterocycles. The van der Waals surface area contributed by atoms with Crippen LogP contribution in [0.4, 0.5) is 0 Å². The van der Waals surface area contributed by atoms with Crippen LogP contribution in [0, 0.1) is 13.8 Å². The third-order valence-electron chi connectivity index (χ3n) is 6.40. The van der Waals surface area contributed by atoms with E-state index in [9.17, 15) is 9.59 Å². The van der Waals surface area contributed by atoms with Crippen molar-refractivity contribution in [1.29, 1.82) is 0 Å². The zero-order valence-corrected chi connectivity index (χ0v) is 18.6. The molecule has 1 fully saturated rings. The van der Waals surface area contributed by atoms with Gasteiger partial charge < -0.3 is 4.90 Å². The predicted molar refractivity (Wildman–Crippen MR) is 120 cm³/mol. The number of aromatic nitrogens is 2. The highest BCUT2D eigenvalue weighted by Crippen LogP contribution is 2.38. The summed E-state index contributed by atoms with van der Waals surface area (Å²) >= 11 is 0. The lowest BCUT2D eigenvalue weighted by molar-refractivity contribution is -0.132. The van der Waals surface area contributed by atoms with Crippen molar-refractivity contribution in [2.24, 2.45) is 0 Å². The van der Waals surface area contributed by atoms with Gasteiger partial charge in [-0.05, 0) is 51.7 Å². The van der Waals surface area contributed by atoms with Crippen LogP contribution in [0.3, 0.4) is 0 Å². The average molecular weight is 408 g/mol. The third kappa shape index (κ3) is 4.25. The second kappa shape index (κ2) is 9.41. The molecule has 1 aromatic carbocycles. The highest BCUT2D eigenvalue weighted by molar-refractivity contribution is 5.93. The van der Waals surface area contributed by atoms with Crippen molar-refractivity contribution in [3.8, 4) is 0 Å². The molecule has 0 bridgehead atoms. The van der Waals surface area contributed by atoms with Gasteiger partial charge in [0.2, 0.25) is 5.91 Å². The topological polar surface area (TPSA) is 55.2 Å². The number of carbonyl (C=O) groups excluding carboxylic acids is 2. The van der Waals surface area contributed by atoms with Crippen molar-refractivity contribution in [1.82, 2.24) is 14.7 Å². The van der Waals surface area contributed by atoms with Gasteiger partial charge in [-0.3, -0.25) is 14.3 Å². The van der Waals surface area contributed by atoms with Crippen molar-refractivity contribution >= 4 is 17.8 Å². The molecule has 0 atom stereocenters. The molecule has 3 rings (SSSR count). The number of Topliss-reactive ketones (excluding diaryl/α,β-unsaturated/α-hetero) is 1. The van der Waals surface area contributed by atoms with E-state index in [1.807, 2.05) is 54.6 Å². The number of aryl methyl sites for hydroxylation is 2. The highest BCUT2D eigenvalue weighted by Gasteiger charge is 2.42. The van der Waals surface area contributed by atoms with Crippen LogP contribution in [0.2, 0.25) is 0 Å².